The van der Waals surface area contributed by atoms with Gasteiger partial charge in [0.1, 0.15) is 0 Å². The average molecular weight is 203 g/mol. The summed E-state index contributed by atoms with van der Waals surface area (Å²) in [5.41, 5.74) is 0. The largest absolute Gasteiger partial charge is 0.362 e. The number of rotatable bonds is 1. The third kappa shape index (κ3) is 2.53. The molecule has 0 aromatic carbocycles. The minimum atomic E-state index is 0. The Bertz CT molecular complexity index is 176. The summed E-state index contributed by atoms with van der Waals surface area (Å²) in [6, 6.07) is 0.833. The molecule has 1 aliphatic carbocycles. The third-order valence-corrected chi connectivity index (χ3v) is 2.94. The van der Waals surface area contributed by atoms with Gasteiger partial charge in [0, 0.05) is 25.5 Å². The molecule has 1 saturated carbocycles. The quantitative estimate of drug-likeness (QED) is 0.645. The van der Waals surface area contributed by atoms with Crippen molar-refractivity contribution >= 4 is 12.4 Å². The van der Waals surface area contributed by atoms with Gasteiger partial charge in [-0.05, 0) is 12.8 Å². The van der Waals surface area contributed by atoms with Gasteiger partial charge in [0.2, 0.25) is 0 Å². The lowest BCUT2D eigenvalue weighted by Crippen LogP contribution is -2.34. The van der Waals surface area contributed by atoms with Gasteiger partial charge in [-0.1, -0.05) is 19.3 Å². The highest BCUT2D eigenvalue weighted by molar-refractivity contribution is 5.85. The highest BCUT2D eigenvalue weighted by Crippen LogP contribution is 2.24. The lowest BCUT2D eigenvalue weighted by Gasteiger charge is -2.31. The fourth-order valence-corrected chi connectivity index (χ4v) is 2.20. The molecule has 76 valence electrons. The van der Waals surface area contributed by atoms with Gasteiger partial charge in [-0.3, -0.25) is 0 Å². The smallest absolute Gasteiger partial charge is 0.0893 e. The normalized spacial score (nSPS) is 23.5. The van der Waals surface area contributed by atoms with Gasteiger partial charge in [0.25, 0.3) is 0 Å². The molecule has 0 N–H and O–H groups in total. The predicted molar refractivity (Wildman–Crippen MR) is 57.7 cm³/mol. The fraction of sp³-hybridized carbons (Fsp3) is 0.800. The van der Waals surface area contributed by atoms with Gasteiger partial charge in [0.15, 0.2) is 0 Å². The van der Waals surface area contributed by atoms with E-state index >= 15 is 0 Å². The fourth-order valence-electron chi connectivity index (χ4n) is 2.20. The molecule has 1 aliphatic heterocycles. The monoisotopic (exact) mass is 202 g/mol. The van der Waals surface area contributed by atoms with Crippen molar-refractivity contribution in [2.24, 2.45) is 0 Å². The first kappa shape index (κ1) is 10.7. The van der Waals surface area contributed by atoms with Crippen molar-refractivity contribution in [2.45, 2.75) is 38.1 Å². The van der Waals surface area contributed by atoms with Gasteiger partial charge in [-0.25, -0.2) is 0 Å². The predicted octanol–water partition coefficient (Wildman–Crippen LogP) is 2.42. The second-order valence-corrected chi connectivity index (χ2v) is 4.00. The van der Waals surface area contributed by atoms with Gasteiger partial charge in [0.05, 0.1) is 6.67 Å². The van der Waals surface area contributed by atoms with Crippen LogP contribution in [0.25, 0.3) is 0 Å². The van der Waals surface area contributed by atoms with E-state index in [1.807, 2.05) is 0 Å². The summed E-state index contributed by atoms with van der Waals surface area (Å²) in [4.78, 5) is 4.73. The highest BCUT2D eigenvalue weighted by Gasteiger charge is 2.21. The molecular weight excluding hydrogens is 184 g/mol. The summed E-state index contributed by atoms with van der Waals surface area (Å²) >= 11 is 0. The molecule has 0 aromatic rings. The molecule has 2 rings (SSSR count). The van der Waals surface area contributed by atoms with Crippen molar-refractivity contribution in [1.29, 1.82) is 0 Å². The van der Waals surface area contributed by atoms with Crippen LogP contribution >= 0.6 is 12.4 Å². The summed E-state index contributed by atoms with van der Waals surface area (Å²) in [7, 11) is 2.14. The average Bonchev–Trinajstić information content (AvgIpc) is 2.54. The molecule has 2 nitrogen and oxygen atoms in total. The summed E-state index contributed by atoms with van der Waals surface area (Å²) in [5, 5.41) is 0. The van der Waals surface area contributed by atoms with E-state index in [4.69, 9.17) is 0 Å². The second-order valence-electron chi connectivity index (χ2n) is 4.00. The third-order valence-electron chi connectivity index (χ3n) is 2.94. The molecular formula is C10H19ClN2. The lowest BCUT2D eigenvalue weighted by atomic mass is 9.95. The van der Waals surface area contributed by atoms with Gasteiger partial charge in [-0.2, -0.15) is 0 Å². The summed E-state index contributed by atoms with van der Waals surface area (Å²) in [5.74, 6) is 0. The van der Waals surface area contributed by atoms with E-state index in [-0.39, 0.29) is 12.4 Å². The van der Waals surface area contributed by atoms with Crippen LogP contribution in [-0.2, 0) is 0 Å². The Labute approximate surface area is 87.0 Å². The molecule has 0 unspecified atom stereocenters. The number of halogens is 1. The van der Waals surface area contributed by atoms with E-state index < -0.39 is 0 Å². The lowest BCUT2D eigenvalue weighted by molar-refractivity contribution is 0.188. The van der Waals surface area contributed by atoms with Crippen LogP contribution in [0.2, 0.25) is 0 Å². The van der Waals surface area contributed by atoms with Crippen LogP contribution in [-0.4, -0.2) is 29.6 Å². The molecule has 3 heteroatoms. The minimum absolute atomic E-state index is 0. The van der Waals surface area contributed by atoms with Crippen LogP contribution in [0.15, 0.2) is 12.4 Å². The van der Waals surface area contributed by atoms with Crippen molar-refractivity contribution in [3.8, 4) is 0 Å². The van der Waals surface area contributed by atoms with Crippen LogP contribution < -0.4 is 0 Å². The molecule has 1 heterocycles. The van der Waals surface area contributed by atoms with E-state index in [1.54, 1.807) is 0 Å². The van der Waals surface area contributed by atoms with E-state index in [9.17, 15) is 0 Å². The van der Waals surface area contributed by atoms with Crippen LogP contribution in [0.3, 0.4) is 0 Å². The van der Waals surface area contributed by atoms with E-state index in [0.717, 1.165) is 12.7 Å². The van der Waals surface area contributed by atoms with Crippen molar-refractivity contribution in [2.75, 3.05) is 13.7 Å². The molecule has 0 atom stereocenters. The second kappa shape index (κ2) is 4.75. The number of hydrogen-bond donors (Lipinski definition) is 0. The van der Waals surface area contributed by atoms with Crippen LogP contribution in [0.1, 0.15) is 32.1 Å². The Balaban J connectivity index is 0.000000845. The molecule has 0 aromatic heterocycles. The molecule has 0 amide bonds. The van der Waals surface area contributed by atoms with Crippen LogP contribution in [0, 0.1) is 0 Å². The zero-order chi connectivity index (χ0) is 8.39. The van der Waals surface area contributed by atoms with Crippen molar-refractivity contribution in [3.05, 3.63) is 12.4 Å². The Morgan fingerprint density at radius 2 is 1.77 bits per heavy atom. The zero-order valence-corrected chi connectivity index (χ0v) is 9.09. The van der Waals surface area contributed by atoms with Crippen molar-refractivity contribution in [1.82, 2.24) is 9.80 Å². The number of nitrogens with zero attached hydrogens (tertiary/aromatic N) is 2. The molecule has 13 heavy (non-hydrogen) atoms. The Kier molecular flexibility index (Phi) is 3.91. The standard InChI is InChI=1S/C10H18N2.ClH/c1-11-7-8-12(9-11)10-5-3-2-4-6-10;/h7-8,10H,2-6,9H2,1H3;1H. The molecule has 1 fully saturated rings. The van der Waals surface area contributed by atoms with Crippen LogP contribution in [0.5, 0.6) is 0 Å². The maximum Gasteiger partial charge on any atom is 0.0893 e. The molecule has 0 spiro atoms. The maximum atomic E-state index is 2.49. The number of hydrogen-bond acceptors (Lipinski definition) is 2. The van der Waals surface area contributed by atoms with Gasteiger partial charge in [-0.15, -0.1) is 12.4 Å². The minimum Gasteiger partial charge on any atom is -0.362 e. The van der Waals surface area contributed by atoms with Gasteiger partial charge < -0.3 is 9.80 Å². The van der Waals surface area contributed by atoms with E-state index in [0.29, 0.717) is 0 Å². The summed E-state index contributed by atoms with van der Waals surface area (Å²) in [6.07, 6.45) is 11.5. The maximum absolute atomic E-state index is 2.49. The molecule has 0 saturated heterocycles. The molecule has 2 aliphatic rings. The zero-order valence-electron chi connectivity index (χ0n) is 8.28. The summed E-state index contributed by atoms with van der Waals surface area (Å²) in [6.45, 7) is 1.10. The Morgan fingerprint density at radius 3 is 2.31 bits per heavy atom. The van der Waals surface area contributed by atoms with E-state index in [1.165, 1.54) is 32.1 Å². The highest BCUT2D eigenvalue weighted by atomic mass is 35.5. The first-order valence-corrected chi connectivity index (χ1v) is 5.00. The van der Waals surface area contributed by atoms with E-state index in [2.05, 4.69) is 29.2 Å². The molecule has 0 bridgehead atoms. The molecule has 0 radical (unpaired) electrons. The Hall–Kier alpha value is -0.370. The first-order valence-electron chi connectivity index (χ1n) is 5.00. The first-order chi connectivity index (χ1) is 5.86. The Morgan fingerprint density at radius 1 is 1.08 bits per heavy atom. The SMILES string of the molecule is CN1C=CN(C2CCCCC2)C1.Cl. The van der Waals surface area contributed by atoms with Gasteiger partial charge >= 0.3 is 0 Å². The summed E-state index contributed by atoms with van der Waals surface area (Å²) < 4.78 is 0. The van der Waals surface area contributed by atoms with Crippen molar-refractivity contribution in [3.63, 3.8) is 0 Å². The topological polar surface area (TPSA) is 6.48 Å². The van der Waals surface area contributed by atoms with Crippen LogP contribution in [0.4, 0.5) is 0 Å². The van der Waals surface area contributed by atoms with Crippen molar-refractivity contribution < 1.29 is 0 Å².